The standard InChI is InChI=1S/C11H23NO3/c1-7(2)9(10(13)14)12-6-11(5,15)8(3)4/h7-9,12,15H,6H2,1-5H3,(H,13,14). The molecule has 0 aromatic carbocycles. The number of rotatable bonds is 6. The molecule has 0 rings (SSSR count). The lowest BCUT2D eigenvalue weighted by atomic mass is 9.91. The van der Waals surface area contributed by atoms with Gasteiger partial charge in [0, 0.05) is 6.54 Å². The van der Waals surface area contributed by atoms with Crippen molar-refractivity contribution in [1.82, 2.24) is 5.32 Å². The van der Waals surface area contributed by atoms with Crippen LogP contribution in [0.3, 0.4) is 0 Å². The van der Waals surface area contributed by atoms with Gasteiger partial charge in [-0.25, -0.2) is 0 Å². The van der Waals surface area contributed by atoms with Gasteiger partial charge in [-0.3, -0.25) is 4.79 Å². The molecule has 0 saturated heterocycles. The zero-order chi connectivity index (χ0) is 12.2. The van der Waals surface area contributed by atoms with E-state index in [4.69, 9.17) is 5.11 Å². The molecule has 0 bridgehead atoms. The van der Waals surface area contributed by atoms with Gasteiger partial charge in [-0.2, -0.15) is 0 Å². The van der Waals surface area contributed by atoms with Crippen LogP contribution in [0.15, 0.2) is 0 Å². The van der Waals surface area contributed by atoms with Crippen LogP contribution >= 0.6 is 0 Å². The molecule has 2 atom stereocenters. The lowest BCUT2D eigenvalue weighted by Gasteiger charge is -2.30. The van der Waals surface area contributed by atoms with Gasteiger partial charge in [0.15, 0.2) is 0 Å². The van der Waals surface area contributed by atoms with E-state index in [1.807, 2.05) is 27.7 Å². The topological polar surface area (TPSA) is 69.6 Å². The molecular weight excluding hydrogens is 194 g/mol. The first kappa shape index (κ1) is 14.4. The Bertz CT molecular complexity index is 212. The Morgan fingerprint density at radius 3 is 2.07 bits per heavy atom. The average molecular weight is 217 g/mol. The predicted octanol–water partition coefficient (Wildman–Crippen LogP) is 1.09. The van der Waals surface area contributed by atoms with E-state index in [1.165, 1.54) is 0 Å². The molecule has 0 heterocycles. The van der Waals surface area contributed by atoms with Crippen LogP contribution in [0, 0.1) is 11.8 Å². The van der Waals surface area contributed by atoms with Gasteiger partial charge >= 0.3 is 5.97 Å². The summed E-state index contributed by atoms with van der Waals surface area (Å²) in [6.07, 6.45) is 0. The summed E-state index contributed by atoms with van der Waals surface area (Å²) in [6, 6.07) is -0.602. The van der Waals surface area contributed by atoms with Crippen LogP contribution in [0.25, 0.3) is 0 Å². The molecule has 15 heavy (non-hydrogen) atoms. The van der Waals surface area contributed by atoms with Crippen molar-refractivity contribution in [3.8, 4) is 0 Å². The summed E-state index contributed by atoms with van der Waals surface area (Å²) < 4.78 is 0. The number of aliphatic carboxylic acids is 1. The summed E-state index contributed by atoms with van der Waals surface area (Å²) >= 11 is 0. The number of carbonyl (C=O) groups is 1. The Morgan fingerprint density at radius 2 is 1.80 bits per heavy atom. The summed E-state index contributed by atoms with van der Waals surface area (Å²) in [5.74, 6) is -0.776. The van der Waals surface area contributed by atoms with Crippen LogP contribution in [0.4, 0.5) is 0 Å². The third kappa shape index (κ3) is 4.62. The summed E-state index contributed by atoms with van der Waals surface area (Å²) in [7, 11) is 0. The van der Waals surface area contributed by atoms with Crippen LogP contribution in [0.1, 0.15) is 34.6 Å². The van der Waals surface area contributed by atoms with Crippen molar-refractivity contribution in [3.63, 3.8) is 0 Å². The minimum atomic E-state index is -0.872. The third-order valence-electron chi connectivity index (χ3n) is 2.86. The van der Waals surface area contributed by atoms with Gasteiger partial charge < -0.3 is 15.5 Å². The molecular formula is C11H23NO3. The Balaban J connectivity index is 4.28. The molecule has 4 nitrogen and oxygen atoms in total. The molecule has 0 aliphatic carbocycles. The first-order chi connectivity index (χ1) is 6.68. The zero-order valence-corrected chi connectivity index (χ0v) is 10.2. The normalized spacial score (nSPS) is 17.9. The minimum Gasteiger partial charge on any atom is -0.480 e. The second kappa shape index (κ2) is 5.47. The summed E-state index contributed by atoms with van der Waals surface area (Å²) in [4.78, 5) is 10.9. The van der Waals surface area contributed by atoms with E-state index < -0.39 is 17.6 Å². The molecule has 4 heteroatoms. The number of carboxylic acid groups (broad SMARTS) is 1. The number of aliphatic hydroxyl groups is 1. The van der Waals surface area contributed by atoms with E-state index in [0.717, 1.165) is 0 Å². The Hall–Kier alpha value is -0.610. The van der Waals surface area contributed by atoms with Gasteiger partial charge in [0.25, 0.3) is 0 Å². The van der Waals surface area contributed by atoms with E-state index in [-0.39, 0.29) is 11.8 Å². The zero-order valence-electron chi connectivity index (χ0n) is 10.2. The summed E-state index contributed by atoms with van der Waals surface area (Å²) in [5.41, 5.74) is -0.872. The quantitative estimate of drug-likeness (QED) is 0.623. The van der Waals surface area contributed by atoms with Gasteiger partial charge in [0.2, 0.25) is 0 Å². The van der Waals surface area contributed by atoms with Crippen molar-refractivity contribution in [2.75, 3.05) is 6.54 Å². The molecule has 0 amide bonds. The molecule has 0 aliphatic rings. The van der Waals surface area contributed by atoms with E-state index in [9.17, 15) is 9.90 Å². The molecule has 0 radical (unpaired) electrons. The van der Waals surface area contributed by atoms with E-state index in [2.05, 4.69) is 5.32 Å². The molecule has 0 spiro atoms. The number of nitrogens with one attached hydrogen (secondary N) is 1. The molecule has 0 saturated carbocycles. The molecule has 0 aliphatic heterocycles. The Labute approximate surface area is 91.7 Å². The van der Waals surface area contributed by atoms with Gasteiger partial charge in [0.1, 0.15) is 6.04 Å². The highest BCUT2D eigenvalue weighted by Gasteiger charge is 2.28. The molecule has 0 fully saturated rings. The van der Waals surface area contributed by atoms with Crippen LogP contribution in [-0.4, -0.2) is 34.4 Å². The fourth-order valence-corrected chi connectivity index (χ4v) is 1.13. The Morgan fingerprint density at radius 1 is 1.33 bits per heavy atom. The van der Waals surface area contributed by atoms with Crippen LogP contribution in [0.2, 0.25) is 0 Å². The number of hydrogen-bond acceptors (Lipinski definition) is 3. The first-order valence-corrected chi connectivity index (χ1v) is 5.37. The lowest BCUT2D eigenvalue weighted by Crippen LogP contribution is -2.50. The fraction of sp³-hybridized carbons (Fsp3) is 0.909. The highest BCUT2D eigenvalue weighted by molar-refractivity contribution is 5.73. The molecule has 2 unspecified atom stereocenters. The van der Waals surface area contributed by atoms with E-state index >= 15 is 0 Å². The smallest absolute Gasteiger partial charge is 0.320 e. The monoisotopic (exact) mass is 217 g/mol. The van der Waals surface area contributed by atoms with Crippen LogP contribution in [0.5, 0.6) is 0 Å². The lowest BCUT2D eigenvalue weighted by molar-refractivity contribution is -0.141. The molecule has 3 N–H and O–H groups in total. The van der Waals surface area contributed by atoms with Crippen molar-refractivity contribution >= 4 is 5.97 Å². The second-order valence-corrected chi connectivity index (χ2v) is 4.95. The minimum absolute atomic E-state index is 0.00506. The van der Waals surface area contributed by atoms with Crippen molar-refractivity contribution < 1.29 is 15.0 Å². The molecule has 0 aromatic rings. The largest absolute Gasteiger partial charge is 0.480 e. The van der Waals surface area contributed by atoms with Gasteiger partial charge in [0.05, 0.1) is 5.60 Å². The van der Waals surface area contributed by atoms with Crippen molar-refractivity contribution in [3.05, 3.63) is 0 Å². The van der Waals surface area contributed by atoms with Crippen molar-refractivity contribution in [1.29, 1.82) is 0 Å². The predicted molar refractivity (Wildman–Crippen MR) is 59.7 cm³/mol. The third-order valence-corrected chi connectivity index (χ3v) is 2.86. The first-order valence-electron chi connectivity index (χ1n) is 5.37. The van der Waals surface area contributed by atoms with Crippen molar-refractivity contribution in [2.24, 2.45) is 11.8 Å². The maximum Gasteiger partial charge on any atom is 0.320 e. The van der Waals surface area contributed by atoms with Crippen molar-refractivity contribution in [2.45, 2.75) is 46.3 Å². The summed E-state index contributed by atoms with van der Waals surface area (Å²) in [6.45, 7) is 9.51. The fourth-order valence-electron chi connectivity index (χ4n) is 1.13. The SMILES string of the molecule is CC(C)C(NCC(C)(O)C(C)C)C(=O)O. The second-order valence-electron chi connectivity index (χ2n) is 4.95. The number of carboxylic acids is 1. The molecule has 90 valence electrons. The number of hydrogen-bond donors (Lipinski definition) is 3. The van der Waals surface area contributed by atoms with Gasteiger partial charge in [-0.1, -0.05) is 27.7 Å². The highest BCUT2D eigenvalue weighted by Crippen LogP contribution is 2.15. The Kier molecular flexibility index (Phi) is 5.24. The van der Waals surface area contributed by atoms with Gasteiger partial charge in [-0.15, -0.1) is 0 Å². The highest BCUT2D eigenvalue weighted by atomic mass is 16.4. The molecule has 0 aromatic heterocycles. The average Bonchev–Trinajstić information content (AvgIpc) is 2.02. The maximum atomic E-state index is 10.9. The maximum absolute atomic E-state index is 10.9. The van der Waals surface area contributed by atoms with Gasteiger partial charge in [-0.05, 0) is 18.8 Å². The van der Waals surface area contributed by atoms with Crippen LogP contribution < -0.4 is 5.32 Å². The van der Waals surface area contributed by atoms with E-state index in [0.29, 0.717) is 6.54 Å². The summed E-state index contributed by atoms with van der Waals surface area (Å²) in [5, 5.41) is 21.8. The van der Waals surface area contributed by atoms with E-state index in [1.54, 1.807) is 6.92 Å². The van der Waals surface area contributed by atoms with Crippen LogP contribution in [-0.2, 0) is 4.79 Å².